The summed E-state index contributed by atoms with van der Waals surface area (Å²) in [5.74, 6) is -0.700. The Morgan fingerprint density at radius 3 is 2.20 bits per heavy atom. The highest BCUT2D eigenvalue weighted by atomic mass is 19.4. The van der Waals surface area contributed by atoms with Gasteiger partial charge in [0.2, 0.25) is 6.41 Å². The molecule has 0 unspecified atom stereocenters. The molecule has 5 rings (SSSR count). The van der Waals surface area contributed by atoms with Gasteiger partial charge in [0.05, 0.1) is 11.1 Å². The van der Waals surface area contributed by atoms with Gasteiger partial charge in [0.25, 0.3) is 5.91 Å². The van der Waals surface area contributed by atoms with Crippen LogP contribution in [0.1, 0.15) is 56.6 Å². The Balaban J connectivity index is 1.59. The molecule has 4 aromatic rings. The third-order valence-corrected chi connectivity index (χ3v) is 7.80. The summed E-state index contributed by atoms with van der Waals surface area (Å²) in [4.78, 5) is 24.7. The molecule has 0 aliphatic heterocycles. The van der Waals surface area contributed by atoms with Crippen molar-refractivity contribution < 1.29 is 35.9 Å². The number of carbonyl (C=O) groups excluding carboxylic acids is 2. The Morgan fingerprint density at radius 1 is 0.750 bits per heavy atom. The van der Waals surface area contributed by atoms with Gasteiger partial charge in [-0.25, -0.2) is 0 Å². The van der Waals surface area contributed by atoms with E-state index in [1.807, 2.05) is 12.1 Å². The summed E-state index contributed by atoms with van der Waals surface area (Å²) in [5.41, 5.74) is 2.52. The number of fused-ring (bicyclic) bond motifs is 1. The van der Waals surface area contributed by atoms with Crippen LogP contribution in [0.5, 0.6) is 0 Å². The topological polar surface area (TPSA) is 58.2 Å². The molecular weight excluding hydrogens is 582 g/mol. The van der Waals surface area contributed by atoms with Gasteiger partial charge in [-0.15, -0.1) is 0 Å². The summed E-state index contributed by atoms with van der Waals surface area (Å²) in [6, 6.07) is 18.0. The van der Waals surface area contributed by atoms with Crippen molar-refractivity contribution in [3.8, 4) is 11.1 Å². The smallest absolute Gasteiger partial charge is 0.329 e. The Morgan fingerprint density at radius 2 is 1.45 bits per heavy atom. The monoisotopic (exact) mass is 610 g/mol. The molecule has 2 amide bonds. The zero-order valence-electron chi connectivity index (χ0n) is 23.4. The maximum atomic E-state index is 13.8. The zero-order chi connectivity index (χ0) is 31.5. The van der Waals surface area contributed by atoms with E-state index in [0.29, 0.717) is 17.5 Å². The van der Waals surface area contributed by atoms with E-state index in [1.54, 1.807) is 6.07 Å². The molecule has 0 spiro atoms. The lowest BCUT2D eigenvalue weighted by Crippen LogP contribution is -2.16. The number of aryl methyl sites for hydroxylation is 2. The fraction of sp³-hybridized carbons (Fsp3) is 0.235. The summed E-state index contributed by atoms with van der Waals surface area (Å²) in [6.07, 6.45) is -4.29. The first-order chi connectivity index (χ1) is 20.9. The van der Waals surface area contributed by atoms with E-state index in [4.69, 9.17) is 0 Å². The Bertz CT molecular complexity index is 1690. The second kappa shape index (κ2) is 12.6. The zero-order valence-corrected chi connectivity index (χ0v) is 23.4. The average molecular weight is 611 g/mol. The molecule has 1 aliphatic carbocycles. The summed E-state index contributed by atoms with van der Waals surface area (Å²) >= 11 is 0. The number of nitrogens with one attached hydrogen (secondary N) is 2. The van der Waals surface area contributed by atoms with Crippen LogP contribution in [0.25, 0.3) is 11.1 Å². The summed E-state index contributed by atoms with van der Waals surface area (Å²) in [5, 5.41) is 4.81. The first-order valence-electron chi connectivity index (χ1n) is 14.1. The highest BCUT2D eigenvalue weighted by Gasteiger charge is 2.32. The average Bonchev–Trinajstić information content (AvgIpc) is 2.99. The van der Waals surface area contributed by atoms with Crippen molar-refractivity contribution in [1.29, 1.82) is 0 Å². The van der Waals surface area contributed by atoms with E-state index < -0.39 is 29.4 Å². The predicted octanol–water partition coefficient (Wildman–Crippen LogP) is 8.88. The largest absolute Gasteiger partial charge is 0.416 e. The SMILES string of the molecule is O=CNc1cc(-c2cccc(C(=O)Nc3cccc(C(F)(F)F)c3)c2CCc2cccc3c2CCCC3)cc(C(F)(F)F)c1. The van der Waals surface area contributed by atoms with E-state index >= 15 is 0 Å². The minimum Gasteiger partial charge on any atom is -0.329 e. The van der Waals surface area contributed by atoms with Crippen molar-refractivity contribution in [2.45, 2.75) is 50.9 Å². The Labute approximate surface area is 250 Å². The van der Waals surface area contributed by atoms with Crippen molar-refractivity contribution in [2.75, 3.05) is 10.6 Å². The molecule has 0 saturated carbocycles. The van der Waals surface area contributed by atoms with Crippen LogP contribution in [-0.4, -0.2) is 12.3 Å². The molecule has 2 N–H and O–H groups in total. The normalized spacial score (nSPS) is 13.2. The van der Waals surface area contributed by atoms with Gasteiger partial charge in [-0.3, -0.25) is 9.59 Å². The van der Waals surface area contributed by atoms with Crippen LogP contribution < -0.4 is 10.6 Å². The number of alkyl halides is 6. The predicted molar refractivity (Wildman–Crippen MR) is 156 cm³/mol. The van der Waals surface area contributed by atoms with Gasteiger partial charge < -0.3 is 10.6 Å². The molecule has 228 valence electrons. The van der Waals surface area contributed by atoms with Gasteiger partial charge in [0.15, 0.2) is 0 Å². The standard InChI is InChI=1S/C34H28F6N2O2/c35-33(36,37)24-9-4-10-26(18-24)42-32(44)31-13-5-12-29(23-16-25(34(38,39)40)19-27(17-23)41-20-43)30(31)15-14-22-8-3-7-21-6-1-2-11-28(21)22/h3-5,7-10,12-13,16-20H,1-2,6,11,14-15H2,(H,41,43)(H,42,44). The molecule has 4 aromatic carbocycles. The molecule has 0 fully saturated rings. The molecule has 0 radical (unpaired) electrons. The maximum Gasteiger partial charge on any atom is 0.416 e. The number of amides is 2. The van der Waals surface area contributed by atoms with Crippen LogP contribution in [-0.2, 0) is 42.8 Å². The second-order valence-corrected chi connectivity index (χ2v) is 10.7. The Hall–Kier alpha value is -4.60. The van der Waals surface area contributed by atoms with Gasteiger partial charge in [-0.2, -0.15) is 26.3 Å². The van der Waals surface area contributed by atoms with Gasteiger partial charge >= 0.3 is 12.4 Å². The molecule has 0 heterocycles. The molecule has 4 nitrogen and oxygen atoms in total. The lowest BCUT2D eigenvalue weighted by Gasteiger charge is -2.21. The van der Waals surface area contributed by atoms with Crippen LogP contribution in [0.3, 0.4) is 0 Å². The molecule has 1 aliphatic rings. The van der Waals surface area contributed by atoms with Gasteiger partial charge in [-0.1, -0.05) is 36.4 Å². The maximum absolute atomic E-state index is 13.8. The van der Waals surface area contributed by atoms with Crippen molar-refractivity contribution in [3.63, 3.8) is 0 Å². The van der Waals surface area contributed by atoms with E-state index in [0.717, 1.165) is 55.5 Å². The van der Waals surface area contributed by atoms with Gasteiger partial charge in [0.1, 0.15) is 0 Å². The van der Waals surface area contributed by atoms with Crippen LogP contribution in [0.2, 0.25) is 0 Å². The number of hydrogen-bond donors (Lipinski definition) is 2. The first-order valence-corrected chi connectivity index (χ1v) is 14.1. The van der Waals surface area contributed by atoms with Crippen LogP contribution in [0.15, 0.2) is 78.9 Å². The summed E-state index contributed by atoms with van der Waals surface area (Å²) in [6.45, 7) is 0. The number of rotatable bonds is 8. The molecule has 10 heteroatoms. The van der Waals surface area contributed by atoms with Gasteiger partial charge in [-0.05, 0) is 114 Å². The summed E-state index contributed by atoms with van der Waals surface area (Å²) < 4.78 is 81.4. The summed E-state index contributed by atoms with van der Waals surface area (Å²) in [7, 11) is 0. The van der Waals surface area contributed by atoms with Crippen molar-refractivity contribution >= 4 is 23.7 Å². The van der Waals surface area contributed by atoms with E-state index in [2.05, 4.69) is 16.7 Å². The first kappa shape index (κ1) is 30.8. The number of carbonyl (C=O) groups is 2. The molecular formula is C34H28F6N2O2. The lowest BCUT2D eigenvalue weighted by molar-refractivity contribution is -0.138. The van der Waals surface area contributed by atoms with E-state index in [9.17, 15) is 35.9 Å². The Kier molecular flexibility index (Phi) is 8.80. The second-order valence-electron chi connectivity index (χ2n) is 10.7. The quantitative estimate of drug-likeness (QED) is 0.155. The highest BCUT2D eigenvalue weighted by molar-refractivity contribution is 6.06. The molecule has 0 bridgehead atoms. The van der Waals surface area contributed by atoms with E-state index in [1.165, 1.54) is 41.5 Å². The minimum absolute atomic E-state index is 0.0742. The minimum atomic E-state index is -4.71. The fourth-order valence-electron chi connectivity index (χ4n) is 5.76. The van der Waals surface area contributed by atoms with Crippen LogP contribution >= 0.6 is 0 Å². The number of hydrogen-bond acceptors (Lipinski definition) is 2. The van der Waals surface area contributed by atoms with Crippen molar-refractivity contribution in [1.82, 2.24) is 0 Å². The number of halogens is 6. The molecule has 0 saturated heterocycles. The van der Waals surface area contributed by atoms with E-state index in [-0.39, 0.29) is 35.3 Å². The molecule has 0 aromatic heterocycles. The molecule has 0 atom stereocenters. The third-order valence-electron chi connectivity index (χ3n) is 7.80. The number of benzene rings is 4. The highest BCUT2D eigenvalue weighted by Crippen LogP contribution is 2.38. The van der Waals surface area contributed by atoms with Crippen molar-refractivity contribution in [3.05, 3.63) is 118 Å². The van der Waals surface area contributed by atoms with Crippen LogP contribution in [0.4, 0.5) is 37.7 Å². The van der Waals surface area contributed by atoms with Crippen LogP contribution in [0, 0.1) is 0 Å². The number of anilines is 2. The van der Waals surface area contributed by atoms with Gasteiger partial charge in [0, 0.05) is 16.9 Å². The fourth-order valence-corrected chi connectivity index (χ4v) is 5.76. The lowest BCUT2D eigenvalue weighted by atomic mass is 9.85. The molecule has 44 heavy (non-hydrogen) atoms. The van der Waals surface area contributed by atoms with Crippen molar-refractivity contribution in [2.24, 2.45) is 0 Å². The third kappa shape index (κ3) is 6.96.